The summed E-state index contributed by atoms with van der Waals surface area (Å²) < 4.78 is 0. The number of anilines is 2. The topological polar surface area (TPSA) is 24.1 Å². The first-order valence-electron chi connectivity index (χ1n) is 7.28. The van der Waals surface area contributed by atoms with Crippen LogP contribution < -0.4 is 10.6 Å². The summed E-state index contributed by atoms with van der Waals surface area (Å²) in [6, 6.07) is 8.13. The zero-order valence-electron chi connectivity index (χ0n) is 13.3. The van der Waals surface area contributed by atoms with Crippen LogP contribution in [0.15, 0.2) is 97.4 Å². The Bertz CT molecular complexity index is 544. The molecule has 0 heterocycles. The summed E-state index contributed by atoms with van der Waals surface area (Å²) >= 11 is 0. The van der Waals surface area contributed by atoms with Crippen LogP contribution in [0.25, 0.3) is 0 Å². The standard InChI is InChI=1S/C20H24N2/c1-5-9-17(10-6-2)21-19-13-15-20(16-14-19)22-18(11-7-3)12-8-4/h5-16,21-22H,1,3H2,2,4H3/b10-6-,12-8-,17-9+,18-11+. The summed E-state index contributed by atoms with van der Waals surface area (Å²) in [4.78, 5) is 0. The first kappa shape index (κ1) is 17.3. The lowest BCUT2D eigenvalue weighted by molar-refractivity contribution is 1.43. The number of benzene rings is 1. The SMILES string of the molecule is C=C/C=C(\C=C/C)Nc1ccc(NC(/C=C\C)=C/C=C)cc1. The van der Waals surface area contributed by atoms with E-state index in [2.05, 4.69) is 23.8 Å². The normalized spacial score (nSPS) is 12.6. The highest BCUT2D eigenvalue weighted by molar-refractivity contribution is 5.59. The summed E-state index contributed by atoms with van der Waals surface area (Å²) in [5.41, 5.74) is 4.05. The van der Waals surface area contributed by atoms with Crippen LogP contribution in [0, 0.1) is 0 Å². The van der Waals surface area contributed by atoms with Crippen LogP contribution in [0.4, 0.5) is 11.4 Å². The molecule has 1 rings (SSSR count). The lowest BCUT2D eigenvalue weighted by atomic mass is 10.2. The number of hydrogen-bond acceptors (Lipinski definition) is 2. The maximum Gasteiger partial charge on any atom is 0.0385 e. The van der Waals surface area contributed by atoms with E-state index in [-0.39, 0.29) is 0 Å². The average Bonchev–Trinajstić information content (AvgIpc) is 2.50. The first-order chi connectivity index (χ1) is 10.7. The zero-order chi connectivity index (χ0) is 16.2. The van der Waals surface area contributed by atoms with Gasteiger partial charge >= 0.3 is 0 Å². The summed E-state index contributed by atoms with van der Waals surface area (Å²) in [6.45, 7) is 11.4. The fourth-order valence-electron chi connectivity index (χ4n) is 1.86. The third kappa shape index (κ3) is 6.14. The highest BCUT2D eigenvalue weighted by atomic mass is 14.9. The molecule has 2 nitrogen and oxygen atoms in total. The first-order valence-corrected chi connectivity index (χ1v) is 7.28. The third-order valence-corrected chi connectivity index (χ3v) is 2.75. The van der Waals surface area contributed by atoms with E-state index in [9.17, 15) is 0 Å². The highest BCUT2D eigenvalue weighted by Crippen LogP contribution is 2.17. The van der Waals surface area contributed by atoms with Crippen molar-refractivity contribution in [3.63, 3.8) is 0 Å². The van der Waals surface area contributed by atoms with Gasteiger partial charge in [0.25, 0.3) is 0 Å². The summed E-state index contributed by atoms with van der Waals surface area (Å²) in [7, 11) is 0. The highest BCUT2D eigenvalue weighted by Gasteiger charge is 1.97. The summed E-state index contributed by atoms with van der Waals surface area (Å²) in [6.07, 6.45) is 15.4. The van der Waals surface area contributed by atoms with E-state index in [4.69, 9.17) is 0 Å². The van der Waals surface area contributed by atoms with Crippen LogP contribution in [-0.2, 0) is 0 Å². The molecule has 0 aromatic heterocycles. The molecule has 114 valence electrons. The molecule has 0 aliphatic rings. The van der Waals surface area contributed by atoms with Crippen molar-refractivity contribution in [2.45, 2.75) is 13.8 Å². The maximum atomic E-state index is 3.73. The van der Waals surface area contributed by atoms with Crippen LogP contribution in [0.2, 0.25) is 0 Å². The molecule has 0 aliphatic heterocycles. The smallest absolute Gasteiger partial charge is 0.0385 e. The number of nitrogens with one attached hydrogen (secondary N) is 2. The molecule has 0 radical (unpaired) electrons. The molecule has 0 aliphatic carbocycles. The fourth-order valence-corrected chi connectivity index (χ4v) is 1.86. The molecule has 0 fully saturated rings. The fraction of sp³-hybridized carbons (Fsp3) is 0.100. The predicted octanol–water partition coefficient (Wildman–Crippen LogP) is 5.80. The van der Waals surface area contributed by atoms with Gasteiger partial charge in [-0.25, -0.2) is 0 Å². The molecular formula is C20H24N2. The minimum Gasteiger partial charge on any atom is -0.356 e. The Balaban J connectivity index is 2.82. The van der Waals surface area contributed by atoms with Crippen molar-refractivity contribution >= 4 is 11.4 Å². The molecule has 0 unspecified atom stereocenters. The quantitative estimate of drug-likeness (QED) is 0.591. The van der Waals surface area contributed by atoms with Crippen molar-refractivity contribution in [2.24, 2.45) is 0 Å². The second-order valence-electron chi connectivity index (χ2n) is 4.54. The summed E-state index contributed by atoms with van der Waals surface area (Å²) in [5.74, 6) is 0. The number of rotatable bonds is 8. The van der Waals surface area contributed by atoms with Gasteiger partial charge in [-0.3, -0.25) is 0 Å². The van der Waals surface area contributed by atoms with Crippen LogP contribution in [0.3, 0.4) is 0 Å². The van der Waals surface area contributed by atoms with Gasteiger partial charge in [-0.15, -0.1) is 0 Å². The molecule has 0 amide bonds. The Morgan fingerprint density at radius 2 is 1.14 bits per heavy atom. The molecule has 1 aromatic carbocycles. The van der Waals surface area contributed by atoms with Crippen molar-refractivity contribution in [1.82, 2.24) is 0 Å². The monoisotopic (exact) mass is 292 g/mol. The maximum absolute atomic E-state index is 3.73. The Labute approximate surface area is 134 Å². The van der Waals surface area contributed by atoms with Gasteiger partial charge in [0, 0.05) is 22.8 Å². The molecule has 0 saturated carbocycles. The zero-order valence-corrected chi connectivity index (χ0v) is 13.3. The minimum atomic E-state index is 0.999. The number of hydrogen-bond donors (Lipinski definition) is 2. The van der Waals surface area contributed by atoms with E-state index in [0.717, 1.165) is 22.8 Å². The van der Waals surface area contributed by atoms with E-state index in [1.54, 1.807) is 12.2 Å². The Morgan fingerprint density at radius 3 is 1.41 bits per heavy atom. The van der Waals surface area contributed by atoms with Gasteiger partial charge < -0.3 is 10.6 Å². The number of allylic oxidation sites excluding steroid dienone is 8. The van der Waals surface area contributed by atoms with Crippen molar-refractivity contribution in [1.29, 1.82) is 0 Å². The molecule has 22 heavy (non-hydrogen) atoms. The lowest BCUT2D eigenvalue weighted by Crippen LogP contribution is -1.99. The molecular weight excluding hydrogens is 268 g/mol. The summed E-state index contributed by atoms with van der Waals surface area (Å²) in [5, 5.41) is 6.68. The van der Waals surface area contributed by atoms with Crippen LogP contribution >= 0.6 is 0 Å². The molecule has 2 N–H and O–H groups in total. The largest absolute Gasteiger partial charge is 0.356 e. The van der Waals surface area contributed by atoms with E-state index in [0.29, 0.717) is 0 Å². The van der Waals surface area contributed by atoms with Gasteiger partial charge in [-0.2, -0.15) is 0 Å². The lowest BCUT2D eigenvalue weighted by Gasteiger charge is -2.10. The van der Waals surface area contributed by atoms with Crippen LogP contribution in [0.1, 0.15) is 13.8 Å². The van der Waals surface area contributed by atoms with Gasteiger partial charge in [0.1, 0.15) is 0 Å². The van der Waals surface area contributed by atoms with Gasteiger partial charge in [0.2, 0.25) is 0 Å². The van der Waals surface area contributed by atoms with E-state index < -0.39 is 0 Å². The van der Waals surface area contributed by atoms with Gasteiger partial charge in [0.05, 0.1) is 0 Å². The van der Waals surface area contributed by atoms with Crippen LogP contribution in [0.5, 0.6) is 0 Å². The van der Waals surface area contributed by atoms with Crippen molar-refractivity contribution < 1.29 is 0 Å². The second-order valence-corrected chi connectivity index (χ2v) is 4.54. The van der Waals surface area contributed by atoms with E-state index >= 15 is 0 Å². The van der Waals surface area contributed by atoms with Crippen molar-refractivity contribution in [2.75, 3.05) is 10.6 Å². The molecule has 0 saturated heterocycles. The second kappa shape index (κ2) is 10.1. The van der Waals surface area contributed by atoms with Crippen molar-refractivity contribution in [3.8, 4) is 0 Å². The molecule has 1 aromatic rings. The third-order valence-electron chi connectivity index (χ3n) is 2.75. The van der Waals surface area contributed by atoms with E-state index in [1.807, 2.05) is 74.6 Å². The van der Waals surface area contributed by atoms with Crippen LogP contribution in [-0.4, -0.2) is 0 Å². The van der Waals surface area contributed by atoms with Gasteiger partial charge in [0.15, 0.2) is 0 Å². The minimum absolute atomic E-state index is 0.999. The Morgan fingerprint density at radius 1 is 0.773 bits per heavy atom. The molecule has 0 bridgehead atoms. The molecule has 0 spiro atoms. The average molecular weight is 292 g/mol. The molecule has 2 heteroatoms. The predicted molar refractivity (Wildman–Crippen MR) is 99.9 cm³/mol. The van der Waals surface area contributed by atoms with Gasteiger partial charge in [-0.1, -0.05) is 37.5 Å². The Hall–Kier alpha value is -2.74. The van der Waals surface area contributed by atoms with E-state index in [1.165, 1.54) is 0 Å². The molecule has 0 atom stereocenters. The van der Waals surface area contributed by atoms with Gasteiger partial charge in [-0.05, 0) is 62.4 Å². The Kier molecular flexibility index (Phi) is 7.91. The van der Waals surface area contributed by atoms with Crippen molar-refractivity contribution in [3.05, 3.63) is 97.4 Å².